The van der Waals surface area contributed by atoms with Crippen LogP contribution in [0.25, 0.3) is 0 Å². The maximum atomic E-state index is 12.8. The molecular weight excluding hydrogens is 400 g/mol. The summed E-state index contributed by atoms with van der Waals surface area (Å²) in [5.74, 6) is -0.190. The molecule has 1 amide bonds. The molecule has 0 heterocycles. The van der Waals surface area contributed by atoms with Crippen LogP contribution in [0.15, 0.2) is 47.4 Å². The van der Waals surface area contributed by atoms with Crippen LogP contribution in [0, 0.1) is 6.92 Å². The largest absolute Gasteiger partial charge is 0.378 e. The minimum Gasteiger partial charge on any atom is -0.378 e. The molecule has 7 nitrogen and oxygen atoms in total. The molecule has 30 heavy (non-hydrogen) atoms. The predicted molar refractivity (Wildman–Crippen MR) is 122 cm³/mol. The lowest BCUT2D eigenvalue weighted by molar-refractivity contribution is -0.120. The van der Waals surface area contributed by atoms with Gasteiger partial charge in [-0.1, -0.05) is 18.2 Å². The number of likely N-dealkylation sites (N-methyl/N-ethyl adjacent to an activating group) is 1. The van der Waals surface area contributed by atoms with E-state index in [1.807, 2.05) is 56.9 Å². The summed E-state index contributed by atoms with van der Waals surface area (Å²) < 4.78 is 25.9. The third kappa shape index (κ3) is 5.59. The van der Waals surface area contributed by atoms with E-state index in [0.29, 0.717) is 12.2 Å². The number of sulfonamides is 1. The van der Waals surface area contributed by atoms with Crippen LogP contribution in [0.5, 0.6) is 0 Å². The van der Waals surface area contributed by atoms with E-state index in [9.17, 15) is 13.2 Å². The van der Waals surface area contributed by atoms with Crippen LogP contribution in [0.4, 0.5) is 11.4 Å². The second-order valence-corrected chi connectivity index (χ2v) is 10.1. The molecule has 1 N–H and O–H groups in total. The Morgan fingerprint density at radius 1 is 1.00 bits per heavy atom. The van der Waals surface area contributed by atoms with Crippen molar-refractivity contribution in [2.75, 3.05) is 45.5 Å². The lowest BCUT2D eigenvalue weighted by Gasteiger charge is -2.25. The van der Waals surface area contributed by atoms with Gasteiger partial charge in [-0.2, -0.15) is 0 Å². The van der Waals surface area contributed by atoms with Crippen molar-refractivity contribution in [2.24, 2.45) is 0 Å². The summed E-state index contributed by atoms with van der Waals surface area (Å²) in [6, 6.07) is 12.6. The molecule has 0 saturated heterocycles. The number of aryl methyl sites for hydroxylation is 1. The van der Waals surface area contributed by atoms with Gasteiger partial charge in [0.2, 0.25) is 15.9 Å². The first-order chi connectivity index (χ1) is 13.9. The molecular formula is C22H32N4O3S. The molecule has 0 bridgehead atoms. The second kappa shape index (κ2) is 9.59. The van der Waals surface area contributed by atoms with Crippen molar-refractivity contribution >= 4 is 27.3 Å². The molecule has 8 heteroatoms. The molecule has 0 aliphatic heterocycles. The maximum absolute atomic E-state index is 12.8. The van der Waals surface area contributed by atoms with E-state index in [1.54, 1.807) is 12.1 Å². The Hall–Kier alpha value is -2.42. The summed E-state index contributed by atoms with van der Waals surface area (Å²) in [4.78, 5) is 17.0. The van der Waals surface area contributed by atoms with Crippen molar-refractivity contribution in [2.45, 2.75) is 31.3 Å². The fourth-order valence-electron chi connectivity index (χ4n) is 2.87. The molecule has 2 aromatic rings. The van der Waals surface area contributed by atoms with Gasteiger partial charge in [0.15, 0.2) is 0 Å². The standard InChI is InChI=1S/C22H32N4O3S/c1-16-8-13-20(30(28,29)25(5)6)14-21(16)23-22(27)17(2)26(7)15-18-9-11-19(12-10-18)24(3)4/h8-14,17H,15H2,1-7H3,(H,23,27). The first-order valence-corrected chi connectivity index (χ1v) is 11.2. The van der Waals surface area contributed by atoms with Gasteiger partial charge in [0.1, 0.15) is 0 Å². The van der Waals surface area contributed by atoms with Gasteiger partial charge in [0.05, 0.1) is 10.9 Å². The summed E-state index contributed by atoms with van der Waals surface area (Å²) in [6.07, 6.45) is 0. The van der Waals surface area contributed by atoms with Gasteiger partial charge < -0.3 is 10.2 Å². The number of hydrogen-bond donors (Lipinski definition) is 1. The van der Waals surface area contributed by atoms with Crippen LogP contribution in [-0.4, -0.2) is 64.8 Å². The Kier molecular flexibility index (Phi) is 7.63. The van der Waals surface area contributed by atoms with E-state index in [0.717, 1.165) is 21.1 Å². The van der Waals surface area contributed by atoms with Crippen LogP contribution >= 0.6 is 0 Å². The molecule has 0 saturated carbocycles. The molecule has 0 aliphatic rings. The lowest BCUT2D eigenvalue weighted by atomic mass is 10.1. The Balaban J connectivity index is 2.11. The number of anilines is 2. The number of nitrogens with one attached hydrogen (secondary N) is 1. The number of carbonyl (C=O) groups is 1. The van der Waals surface area contributed by atoms with Crippen LogP contribution in [0.3, 0.4) is 0 Å². The van der Waals surface area contributed by atoms with E-state index >= 15 is 0 Å². The normalized spacial score (nSPS) is 12.8. The van der Waals surface area contributed by atoms with Gasteiger partial charge in [0.25, 0.3) is 0 Å². The Morgan fingerprint density at radius 2 is 1.60 bits per heavy atom. The van der Waals surface area contributed by atoms with E-state index in [-0.39, 0.29) is 10.8 Å². The number of benzene rings is 2. The monoisotopic (exact) mass is 432 g/mol. The fraction of sp³-hybridized carbons (Fsp3) is 0.409. The molecule has 164 valence electrons. The Labute approximate surface area is 180 Å². The Bertz CT molecular complexity index is 986. The fourth-order valence-corrected chi connectivity index (χ4v) is 3.80. The molecule has 0 aromatic heterocycles. The maximum Gasteiger partial charge on any atom is 0.242 e. The third-order valence-corrected chi connectivity index (χ3v) is 6.98. The van der Waals surface area contributed by atoms with Crippen molar-refractivity contribution in [1.29, 1.82) is 0 Å². The van der Waals surface area contributed by atoms with Gasteiger partial charge in [-0.3, -0.25) is 9.69 Å². The zero-order chi connectivity index (χ0) is 22.6. The molecule has 2 aromatic carbocycles. The van der Waals surface area contributed by atoms with Crippen molar-refractivity contribution in [3.63, 3.8) is 0 Å². The van der Waals surface area contributed by atoms with Crippen molar-refractivity contribution in [3.8, 4) is 0 Å². The molecule has 0 spiro atoms. The van der Waals surface area contributed by atoms with Gasteiger partial charge in [-0.05, 0) is 56.3 Å². The highest BCUT2D eigenvalue weighted by molar-refractivity contribution is 7.89. The number of carbonyl (C=O) groups excluding carboxylic acids is 1. The number of amides is 1. The molecule has 0 radical (unpaired) electrons. The smallest absolute Gasteiger partial charge is 0.242 e. The van der Waals surface area contributed by atoms with Crippen LogP contribution in [-0.2, 0) is 21.4 Å². The molecule has 1 atom stereocenters. The first-order valence-electron chi connectivity index (χ1n) is 9.74. The average Bonchev–Trinajstić information content (AvgIpc) is 2.69. The summed E-state index contributed by atoms with van der Waals surface area (Å²) in [6.45, 7) is 4.29. The minimum absolute atomic E-state index is 0.149. The van der Waals surface area contributed by atoms with E-state index < -0.39 is 16.1 Å². The van der Waals surface area contributed by atoms with E-state index in [2.05, 4.69) is 17.4 Å². The zero-order valence-electron chi connectivity index (χ0n) is 18.8. The number of nitrogens with zero attached hydrogens (tertiary/aromatic N) is 3. The predicted octanol–water partition coefficient (Wildman–Crippen LogP) is 2.77. The average molecular weight is 433 g/mol. The summed E-state index contributed by atoms with van der Waals surface area (Å²) >= 11 is 0. The van der Waals surface area contributed by atoms with E-state index in [4.69, 9.17) is 0 Å². The number of rotatable bonds is 8. The van der Waals surface area contributed by atoms with Crippen LogP contribution in [0.2, 0.25) is 0 Å². The molecule has 2 rings (SSSR count). The highest BCUT2D eigenvalue weighted by Crippen LogP contribution is 2.22. The Morgan fingerprint density at radius 3 is 2.13 bits per heavy atom. The second-order valence-electron chi connectivity index (χ2n) is 7.91. The van der Waals surface area contributed by atoms with Gasteiger partial charge in [-0.25, -0.2) is 12.7 Å². The van der Waals surface area contributed by atoms with Crippen LogP contribution in [0.1, 0.15) is 18.1 Å². The zero-order valence-corrected chi connectivity index (χ0v) is 19.6. The highest BCUT2D eigenvalue weighted by atomic mass is 32.2. The first kappa shape index (κ1) is 23.9. The van der Waals surface area contributed by atoms with Crippen molar-refractivity contribution in [3.05, 3.63) is 53.6 Å². The third-order valence-electron chi connectivity index (χ3n) is 5.17. The van der Waals surface area contributed by atoms with Crippen molar-refractivity contribution in [1.82, 2.24) is 9.21 Å². The lowest BCUT2D eigenvalue weighted by Crippen LogP contribution is -2.39. The van der Waals surface area contributed by atoms with Crippen molar-refractivity contribution < 1.29 is 13.2 Å². The minimum atomic E-state index is -3.57. The topological polar surface area (TPSA) is 73.0 Å². The highest BCUT2D eigenvalue weighted by Gasteiger charge is 2.22. The SMILES string of the molecule is Cc1ccc(S(=O)(=O)N(C)C)cc1NC(=O)C(C)N(C)Cc1ccc(N(C)C)cc1. The molecule has 0 aliphatic carbocycles. The molecule has 1 unspecified atom stereocenters. The van der Waals surface area contributed by atoms with Gasteiger partial charge in [-0.15, -0.1) is 0 Å². The summed E-state index contributed by atoms with van der Waals surface area (Å²) in [5.41, 5.74) is 3.53. The van der Waals surface area contributed by atoms with Gasteiger partial charge >= 0.3 is 0 Å². The van der Waals surface area contributed by atoms with Gasteiger partial charge in [0, 0.05) is 46.1 Å². The van der Waals surface area contributed by atoms with E-state index in [1.165, 1.54) is 20.2 Å². The number of hydrogen-bond acceptors (Lipinski definition) is 5. The summed E-state index contributed by atoms with van der Waals surface area (Å²) in [7, 11) is 5.27. The van der Waals surface area contributed by atoms with Crippen LogP contribution < -0.4 is 10.2 Å². The quantitative estimate of drug-likeness (QED) is 0.694. The molecule has 0 fully saturated rings. The summed E-state index contributed by atoms with van der Waals surface area (Å²) in [5, 5.41) is 2.88.